The van der Waals surface area contributed by atoms with Gasteiger partial charge in [0, 0.05) is 19.0 Å². The van der Waals surface area contributed by atoms with Gasteiger partial charge in [-0.1, -0.05) is 12.8 Å². The highest BCUT2D eigenvalue weighted by atomic mass is 15.0. The second kappa shape index (κ2) is 4.26. The zero-order valence-corrected chi connectivity index (χ0v) is 8.82. The summed E-state index contributed by atoms with van der Waals surface area (Å²) in [5.74, 6) is 2.02. The van der Waals surface area contributed by atoms with Crippen LogP contribution in [0.5, 0.6) is 0 Å². The molecule has 4 heteroatoms. The Morgan fingerprint density at radius 1 is 1.40 bits per heavy atom. The molecule has 0 amide bonds. The molecule has 1 saturated carbocycles. The zero-order chi connectivity index (χ0) is 10.7. The Labute approximate surface area is 89.4 Å². The smallest absolute Gasteiger partial charge is 0.146 e. The highest BCUT2D eigenvalue weighted by molar-refractivity contribution is 5.39. The molecule has 0 atom stereocenters. The first-order valence-corrected chi connectivity index (χ1v) is 5.30. The predicted octanol–water partition coefficient (Wildman–Crippen LogP) is 2.05. The molecule has 0 bridgehead atoms. The summed E-state index contributed by atoms with van der Waals surface area (Å²) in [6.45, 7) is 0. The topological polar surface area (TPSA) is 61.6 Å². The van der Waals surface area contributed by atoms with Crippen LogP contribution in [0.3, 0.4) is 0 Å². The predicted molar refractivity (Wildman–Crippen MR) is 57.5 cm³/mol. The zero-order valence-electron chi connectivity index (χ0n) is 8.82. The van der Waals surface area contributed by atoms with E-state index in [1.165, 1.54) is 12.8 Å². The van der Waals surface area contributed by atoms with Crippen molar-refractivity contribution >= 4 is 5.82 Å². The first-order valence-electron chi connectivity index (χ1n) is 5.30. The Hall–Kier alpha value is -1.63. The van der Waals surface area contributed by atoms with Crippen molar-refractivity contribution in [3.8, 4) is 6.07 Å². The summed E-state index contributed by atoms with van der Waals surface area (Å²) in [5.41, 5.74) is 0.455. The Morgan fingerprint density at radius 3 is 2.73 bits per heavy atom. The van der Waals surface area contributed by atoms with Gasteiger partial charge in [-0.05, 0) is 12.8 Å². The molecule has 1 aliphatic carbocycles. The van der Waals surface area contributed by atoms with Gasteiger partial charge in [-0.2, -0.15) is 5.26 Å². The summed E-state index contributed by atoms with van der Waals surface area (Å²) in [6.07, 6.45) is 4.80. The van der Waals surface area contributed by atoms with Gasteiger partial charge >= 0.3 is 0 Å². The SMILES string of the molecule is CNc1cc(C#N)nc(C2CCCC2)n1. The van der Waals surface area contributed by atoms with Crippen LogP contribution < -0.4 is 5.32 Å². The van der Waals surface area contributed by atoms with Crippen LogP contribution in [-0.2, 0) is 0 Å². The van der Waals surface area contributed by atoms with Gasteiger partial charge < -0.3 is 5.32 Å². The van der Waals surface area contributed by atoms with Crippen molar-refractivity contribution in [2.45, 2.75) is 31.6 Å². The molecular formula is C11H14N4. The monoisotopic (exact) mass is 202 g/mol. The van der Waals surface area contributed by atoms with E-state index in [4.69, 9.17) is 5.26 Å². The minimum absolute atomic E-state index is 0.449. The number of nitrogens with one attached hydrogen (secondary N) is 1. The Balaban J connectivity index is 2.33. The Morgan fingerprint density at radius 2 is 2.13 bits per heavy atom. The number of rotatable bonds is 2. The largest absolute Gasteiger partial charge is 0.373 e. The molecule has 1 fully saturated rings. The molecule has 0 aliphatic heterocycles. The second-order valence-electron chi connectivity index (χ2n) is 3.84. The van der Waals surface area contributed by atoms with Gasteiger partial charge in [0.15, 0.2) is 0 Å². The summed E-state index contributed by atoms with van der Waals surface area (Å²) in [4.78, 5) is 8.68. The number of hydrogen-bond acceptors (Lipinski definition) is 4. The fourth-order valence-corrected chi connectivity index (χ4v) is 2.02. The highest BCUT2D eigenvalue weighted by Gasteiger charge is 2.20. The van der Waals surface area contributed by atoms with E-state index in [2.05, 4.69) is 21.4 Å². The third-order valence-corrected chi connectivity index (χ3v) is 2.83. The van der Waals surface area contributed by atoms with Gasteiger partial charge in [0.2, 0.25) is 0 Å². The van der Waals surface area contributed by atoms with E-state index >= 15 is 0 Å². The van der Waals surface area contributed by atoms with Gasteiger partial charge in [-0.15, -0.1) is 0 Å². The van der Waals surface area contributed by atoms with Crippen LogP contribution in [0.1, 0.15) is 43.1 Å². The molecule has 0 radical (unpaired) electrons. The molecule has 0 aromatic carbocycles. The third-order valence-electron chi connectivity index (χ3n) is 2.83. The van der Waals surface area contributed by atoms with Gasteiger partial charge in [0.1, 0.15) is 23.4 Å². The number of anilines is 1. The maximum Gasteiger partial charge on any atom is 0.146 e. The van der Waals surface area contributed by atoms with Crippen LogP contribution in [-0.4, -0.2) is 17.0 Å². The lowest BCUT2D eigenvalue weighted by Gasteiger charge is -2.09. The molecular weight excluding hydrogens is 188 g/mol. The summed E-state index contributed by atoms with van der Waals surface area (Å²) < 4.78 is 0. The minimum Gasteiger partial charge on any atom is -0.373 e. The summed E-state index contributed by atoms with van der Waals surface area (Å²) in [7, 11) is 1.81. The Bertz CT molecular complexity index is 388. The molecule has 0 unspecified atom stereocenters. The van der Waals surface area contributed by atoms with Crippen LogP contribution in [0.15, 0.2) is 6.07 Å². The Kier molecular flexibility index (Phi) is 2.82. The number of nitriles is 1. The van der Waals surface area contributed by atoms with Crippen molar-refractivity contribution in [2.24, 2.45) is 0 Å². The summed E-state index contributed by atoms with van der Waals surface area (Å²) in [5, 5.41) is 11.8. The fraction of sp³-hybridized carbons (Fsp3) is 0.545. The molecule has 1 N–H and O–H groups in total. The van der Waals surface area contributed by atoms with Gasteiger partial charge in [-0.3, -0.25) is 0 Å². The van der Waals surface area contributed by atoms with Crippen LogP contribution in [0.2, 0.25) is 0 Å². The van der Waals surface area contributed by atoms with Gasteiger partial charge in [0.25, 0.3) is 0 Å². The lowest BCUT2D eigenvalue weighted by atomic mass is 10.1. The van der Waals surface area contributed by atoms with E-state index in [-0.39, 0.29) is 0 Å². The maximum atomic E-state index is 8.86. The maximum absolute atomic E-state index is 8.86. The molecule has 2 rings (SSSR count). The highest BCUT2D eigenvalue weighted by Crippen LogP contribution is 2.32. The second-order valence-corrected chi connectivity index (χ2v) is 3.84. The lowest BCUT2D eigenvalue weighted by Crippen LogP contribution is -2.05. The molecule has 1 aromatic rings. The third kappa shape index (κ3) is 2.07. The molecule has 78 valence electrons. The number of nitrogens with zero attached hydrogens (tertiary/aromatic N) is 3. The normalized spacial score (nSPS) is 16.3. The molecule has 1 aromatic heterocycles. The molecule has 1 aliphatic rings. The molecule has 0 saturated heterocycles. The van der Waals surface area contributed by atoms with Crippen LogP contribution in [0.25, 0.3) is 0 Å². The van der Waals surface area contributed by atoms with E-state index in [0.717, 1.165) is 24.5 Å². The number of aromatic nitrogens is 2. The first kappa shape index (κ1) is 9.91. The summed E-state index contributed by atoms with van der Waals surface area (Å²) >= 11 is 0. The molecule has 4 nitrogen and oxygen atoms in total. The fourth-order valence-electron chi connectivity index (χ4n) is 2.02. The average Bonchev–Trinajstić information content (AvgIpc) is 2.81. The first-order chi connectivity index (χ1) is 7.33. The van der Waals surface area contributed by atoms with Crippen molar-refractivity contribution in [3.63, 3.8) is 0 Å². The van der Waals surface area contributed by atoms with Crippen LogP contribution in [0.4, 0.5) is 5.82 Å². The minimum atomic E-state index is 0.449. The van der Waals surface area contributed by atoms with E-state index in [1.807, 2.05) is 7.05 Å². The quantitative estimate of drug-likeness (QED) is 0.797. The van der Waals surface area contributed by atoms with Crippen LogP contribution in [0, 0.1) is 11.3 Å². The lowest BCUT2D eigenvalue weighted by molar-refractivity contribution is 0.667. The van der Waals surface area contributed by atoms with E-state index in [9.17, 15) is 0 Å². The van der Waals surface area contributed by atoms with Gasteiger partial charge in [0.05, 0.1) is 0 Å². The van der Waals surface area contributed by atoms with Crippen molar-refractivity contribution in [2.75, 3.05) is 12.4 Å². The van der Waals surface area contributed by atoms with Crippen LogP contribution >= 0.6 is 0 Å². The molecule has 1 heterocycles. The average molecular weight is 202 g/mol. The van der Waals surface area contributed by atoms with E-state index in [1.54, 1.807) is 6.07 Å². The molecule has 0 spiro atoms. The van der Waals surface area contributed by atoms with Crippen molar-refractivity contribution < 1.29 is 0 Å². The van der Waals surface area contributed by atoms with Crippen molar-refractivity contribution in [1.82, 2.24) is 9.97 Å². The number of hydrogen-bond donors (Lipinski definition) is 1. The van der Waals surface area contributed by atoms with Gasteiger partial charge in [-0.25, -0.2) is 9.97 Å². The van der Waals surface area contributed by atoms with E-state index < -0.39 is 0 Å². The van der Waals surface area contributed by atoms with Crippen molar-refractivity contribution in [3.05, 3.63) is 17.6 Å². The van der Waals surface area contributed by atoms with E-state index in [0.29, 0.717) is 11.6 Å². The molecule has 15 heavy (non-hydrogen) atoms. The van der Waals surface area contributed by atoms with Crippen molar-refractivity contribution in [1.29, 1.82) is 5.26 Å². The standard InChI is InChI=1S/C11H14N4/c1-13-10-6-9(7-12)14-11(15-10)8-4-2-3-5-8/h6,8H,2-5H2,1H3,(H,13,14,15). The summed E-state index contributed by atoms with van der Waals surface area (Å²) in [6, 6.07) is 3.75.